The summed E-state index contributed by atoms with van der Waals surface area (Å²) in [5.41, 5.74) is 0.244. The first-order valence-electron chi connectivity index (χ1n) is 10.6. The number of ether oxygens (including phenoxy) is 1. The zero-order valence-electron chi connectivity index (χ0n) is 18.0. The number of carbonyl (C=O) groups is 1. The number of alkyl halides is 3. The molecule has 34 heavy (non-hydrogen) atoms. The molecule has 0 unspecified atom stereocenters. The van der Waals surface area contributed by atoms with Crippen molar-refractivity contribution in [3.63, 3.8) is 0 Å². The van der Waals surface area contributed by atoms with E-state index in [4.69, 9.17) is 4.74 Å². The van der Waals surface area contributed by atoms with Crippen LogP contribution in [0, 0.1) is 5.82 Å². The minimum Gasteiger partial charge on any atom is -0.380 e. The summed E-state index contributed by atoms with van der Waals surface area (Å²) in [6.45, 7) is 1.40. The monoisotopic (exact) mass is 472 g/mol. The van der Waals surface area contributed by atoms with Gasteiger partial charge >= 0.3 is 6.18 Å². The van der Waals surface area contributed by atoms with Crippen molar-refractivity contribution in [2.24, 2.45) is 0 Å². The maximum absolute atomic E-state index is 14.8. The highest BCUT2D eigenvalue weighted by Gasteiger charge is 2.35. The molecule has 2 N–H and O–H groups in total. The molecule has 0 aliphatic carbocycles. The Morgan fingerprint density at radius 3 is 2.74 bits per heavy atom. The first-order chi connectivity index (χ1) is 16.2. The average Bonchev–Trinajstić information content (AvgIpc) is 3.56. The summed E-state index contributed by atoms with van der Waals surface area (Å²) < 4.78 is 60.1. The van der Waals surface area contributed by atoms with Gasteiger partial charge in [0.2, 0.25) is 0 Å². The average molecular weight is 472 g/mol. The molecule has 1 saturated heterocycles. The van der Waals surface area contributed by atoms with Gasteiger partial charge in [0.05, 0.1) is 22.9 Å². The highest BCUT2D eigenvalue weighted by molar-refractivity contribution is 6.10. The van der Waals surface area contributed by atoms with E-state index in [9.17, 15) is 22.4 Å². The van der Waals surface area contributed by atoms with Crippen molar-refractivity contribution in [3.8, 4) is 11.5 Å². The minimum atomic E-state index is -4.65. The number of aromatic nitrogens is 3. The van der Waals surface area contributed by atoms with Crippen molar-refractivity contribution < 1.29 is 27.1 Å². The van der Waals surface area contributed by atoms with Crippen molar-refractivity contribution in [1.82, 2.24) is 15.0 Å². The molecule has 1 atom stereocenters. The Morgan fingerprint density at radius 2 is 2.00 bits per heavy atom. The topological polar surface area (TPSA) is 74.0 Å². The van der Waals surface area contributed by atoms with Crippen LogP contribution in [0.4, 0.5) is 23.2 Å². The zero-order valence-corrected chi connectivity index (χ0v) is 18.0. The van der Waals surface area contributed by atoms with Crippen molar-refractivity contribution in [1.29, 1.82) is 0 Å². The van der Waals surface area contributed by atoms with Crippen LogP contribution in [0.1, 0.15) is 27.9 Å². The van der Waals surface area contributed by atoms with Crippen molar-refractivity contribution in [2.75, 3.05) is 25.1 Å². The molecule has 6 nitrogen and oxygen atoms in total. The summed E-state index contributed by atoms with van der Waals surface area (Å²) in [7, 11) is 1.65. The molecular weight excluding hydrogens is 452 g/mol. The largest absolute Gasteiger partial charge is 0.417 e. The van der Waals surface area contributed by atoms with Gasteiger partial charge in [-0.3, -0.25) is 4.79 Å². The van der Waals surface area contributed by atoms with Crippen LogP contribution in [-0.4, -0.2) is 47.0 Å². The third-order valence-electron chi connectivity index (χ3n) is 6.05. The van der Waals surface area contributed by atoms with E-state index in [-0.39, 0.29) is 23.0 Å². The van der Waals surface area contributed by atoms with Gasteiger partial charge in [0.1, 0.15) is 5.52 Å². The van der Waals surface area contributed by atoms with Gasteiger partial charge in [-0.25, -0.2) is 9.37 Å². The molecule has 0 radical (unpaired) electrons. The van der Waals surface area contributed by atoms with Crippen LogP contribution in [0.5, 0.6) is 0 Å². The number of nitrogens with one attached hydrogen (secondary N) is 2. The highest BCUT2D eigenvalue weighted by atomic mass is 19.4. The number of nitrogens with zero attached hydrogens (tertiary/aromatic N) is 2. The number of aromatic amines is 2. The fraction of sp³-hybridized carbons (Fsp3) is 0.250. The molecule has 1 aliphatic heterocycles. The van der Waals surface area contributed by atoms with Gasteiger partial charge in [0, 0.05) is 43.2 Å². The highest BCUT2D eigenvalue weighted by Crippen LogP contribution is 2.34. The summed E-state index contributed by atoms with van der Waals surface area (Å²) in [6.07, 6.45) is -2.40. The lowest BCUT2D eigenvalue weighted by atomic mass is 9.99. The molecule has 2 aromatic heterocycles. The molecule has 0 spiro atoms. The summed E-state index contributed by atoms with van der Waals surface area (Å²) in [4.78, 5) is 25.0. The van der Waals surface area contributed by atoms with E-state index in [2.05, 4.69) is 15.0 Å². The summed E-state index contributed by atoms with van der Waals surface area (Å²) >= 11 is 0. The molecule has 5 rings (SSSR count). The van der Waals surface area contributed by atoms with E-state index in [0.717, 1.165) is 25.1 Å². The van der Waals surface area contributed by atoms with Gasteiger partial charge < -0.3 is 19.6 Å². The summed E-state index contributed by atoms with van der Waals surface area (Å²) in [5.74, 6) is -1.01. The maximum atomic E-state index is 14.8. The maximum Gasteiger partial charge on any atom is 0.417 e. The van der Waals surface area contributed by atoms with Crippen LogP contribution < -0.4 is 4.90 Å². The molecule has 1 fully saturated rings. The Labute approximate surface area is 191 Å². The Balaban J connectivity index is 1.45. The number of benzene rings is 2. The van der Waals surface area contributed by atoms with Gasteiger partial charge in [-0.1, -0.05) is 18.2 Å². The van der Waals surface area contributed by atoms with Crippen molar-refractivity contribution >= 4 is 22.5 Å². The predicted molar refractivity (Wildman–Crippen MR) is 118 cm³/mol. The second kappa shape index (κ2) is 8.28. The first-order valence-corrected chi connectivity index (χ1v) is 10.6. The number of rotatable bonds is 5. The van der Waals surface area contributed by atoms with E-state index in [1.807, 2.05) is 4.90 Å². The third-order valence-corrected chi connectivity index (χ3v) is 6.05. The van der Waals surface area contributed by atoms with Gasteiger partial charge in [-0.2, -0.15) is 13.2 Å². The molecule has 10 heteroatoms. The van der Waals surface area contributed by atoms with Crippen LogP contribution in [0.15, 0.2) is 48.7 Å². The Hall–Kier alpha value is -3.66. The standard InChI is InChI=1S/C24H20F4N4O2/c1-34-15-6-7-32(12-15)14-9-18(25)21-19(10-14)30-23(31-21)20-8-13(11-29-20)22(33)16-4-2-3-5-17(16)24(26,27)28/h2-5,8-11,15,29H,6-7,12H2,1H3,(H,30,31)/t15-/m0/s1. The Morgan fingerprint density at radius 1 is 1.21 bits per heavy atom. The Bertz CT molecular complexity index is 1380. The van der Waals surface area contributed by atoms with Crippen LogP contribution in [0.2, 0.25) is 0 Å². The number of hydrogen-bond donors (Lipinski definition) is 2. The van der Waals surface area contributed by atoms with Crippen LogP contribution in [-0.2, 0) is 10.9 Å². The van der Waals surface area contributed by atoms with Crippen LogP contribution >= 0.6 is 0 Å². The molecule has 176 valence electrons. The number of methoxy groups -OCH3 is 1. The quantitative estimate of drug-likeness (QED) is 0.310. The van der Waals surface area contributed by atoms with Crippen LogP contribution in [0.25, 0.3) is 22.6 Å². The molecule has 3 heterocycles. The van der Waals surface area contributed by atoms with E-state index in [1.54, 1.807) is 13.2 Å². The molecule has 0 saturated carbocycles. The normalized spacial score (nSPS) is 16.5. The molecule has 4 aromatic rings. The fourth-order valence-electron chi connectivity index (χ4n) is 4.27. The lowest BCUT2D eigenvalue weighted by Crippen LogP contribution is -2.22. The number of hydrogen-bond acceptors (Lipinski definition) is 4. The number of H-pyrrole nitrogens is 2. The smallest absolute Gasteiger partial charge is 0.380 e. The lowest BCUT2D eigenvalue weighted by molar-refractivity contribution is -0.137. The number of anilines is 1. The van der Waals surface area contributed by atoms with Gasteiger partial charge in [-0.05, 0) is 30.7 Å². The van der Waals surface area contributed by atoms with E-state index < -0.39 is 28.9 Å². The molecule has 2 aromatic carbocycles. The number of carbonyl (C=O) groups excluding carboxylic acids is 1. The fourth-order valence-corrected chi connectivity index (χ4v) is 4.27. The zero-order chi connectivity index (χ0) is 24.0. The summed E-state index contributed by atoms with van der Waals surface area (Å²) in [5, 5.41) is 0. The number of halogens is 4. The number of ketones is 1. The molecule has 0 amide bonds. The van der Waals surface area contributed by atoms with Crippen LogP contribution in [0.3, 0.4) is 0 Å². The predicted octanol–water partition coefficient (Wildman–Crippen LogP) is 5.17. The second-order valence-corrected chi connectivity index (χ2v) is 8.18. The van der Waals surface area contributed by atoms with E-state index in [0.29, 0.717) is 23.4 Å². The second-order valence-electron chi connectivity index (χ2n) is 8.18. The summed E-state index contributed by atoms with van der Waals surface area (Å²) in [6, 6.07) is 9.24. The number of imidazole rings is 1. The molecule has 1 aliphatic rings. The molecular formula is C24H20F4N4O2. The Kier molecular flexibility index (Phi) is 5.40. The first kappa shape index (κ1) is 22.1. The van der Waals surface area contributed by atoms with Crippen molar-refractivity contribution in [3.05, 3.63) is 71.2 Å². The minimum absolute atomic E-state index is 0.0380. The molecule has 0 bridgehead atoms. The van der Waals surface area contributed by atoms with Crippen molar-refractivity contribution in [2.45, 2.75) is 18.7 Å². The van der Waals surface area contributed by atoms with E-state index >= 15 is 0 Å². The third kappa shape index (κ3) is 3.94. The SMILES string of the molecule is CO[C@H]1CCN(c2cc(F)c3nc(-c4cc(C(=O)c5ccccc5C(F)(F)F)c[nH]4)[nH]c3c2)C1. The number of fused-ring (bicyclic) bond motifs is 1. The lowest BCUT2D eigenvalue weighted by Gasteiger charge is -2.18. The van der Waals surface area contributed by atoms with Gasteiger partial charge in [-0.15, -0.1) is 0 Å². The van der Waals surface area contributed by atoms with E-state index in [1.165, 1.54) is 30.5 Å². The van der Waals surface area contributed by atoms with Gasteiger partial charge in [0.15, 0.2) is 17.4 Å². The van der Waals surface area contributed by atoms with Gasteiger partial charge in [0.25, 0.3) is 0 Å².